The van der Waals surface area contributed by atoms with E-state index < -0.39 is 10.0 Å². The van der Waals surface area contributed by atoms with Crippen LogP contribution in [0.25, 0.3) is 0 Å². The van der Waals surface area contributed by atoms with E-state index in [9.17, 15) is 8.42 Å². The van der Waals surface area contributed by atoms with Crippen LogP contribution < -0.4 is 4.72 Å². The van der Waals surface area contributed by atoms with Crippen LogP contribution in [0.15, 0.2) is 0 Å². The van der Waals surface area contributed by atoms with Crippen LogP contribution in [0.5, 0.6) is 0 Å². The van der Waals surface area contributed by atoms with Crippen molar-refractivity contribution in [2.75, 3.05) is 17.3 Å². The fraction of sp³-hybridized carbons (Fsp3) is 1.00. The molecule has 1 N–H and O–H groups in total. The molecule has 0 aliphatic heterocycles. The van der Waals surface area contributed by atoms with Gasteiger partial charge in [0.2, 0.25) is 10.0 Å². The van der Waals surface area contributed by atoms with E-state index in [0.717, 1.165) is 17.9 Å². The average molecular weight is 239 g/mol. The Morgan fingerprint density at radius 2 is 2.00 bits per heavy atom. The predicted molar refractivity (Wildman–Crippen MR) is 64.3 cm³/mol. The highest BCUT2D eigenvalue weighted by molar-refractivity contribution is 7.99. The van der Waals surface area contributed by atoms with Gasteiger partial charge in [0.05, 0.1) is 5.75 Å². The molecule has 86 valence electrons. The molecule has 3 nitrogen and oxygen atoms in total. The summed E-state index contributed by atoms with van der Waals surface area (Å²) in [4.78, 5) is 0. The zero-order valence-corrected chi connectivity index (χ0v) is 10.9. The second-order valence-corrected chi connectivity index (χ2v) is 6.59. The maximum atomic E-state index is 11.4. The van der Waals surface area contributed by atoms with Gasteiger partial charge in [-0.05, 0) is 31.3 Å². The van der Waals surface area contributed by atoms with Gasteiger partial charge in [-0.15, -0.1) is 0 Å². The van der Waals surface area contributed by atoms with Crippen LogP contribution in [0.1, 0.15) is 33.6 Å². The summed E-state index contributed by atoms with van der Waals surface area (Å²) in [5, 5.41) is 0. The second-order valence-electron chi connectivity index (χ2n) is 3.32. The van der Waals surface area contributed by atoms with E-state index in [0.29, 0.717) is 6.42 Å². The predicted octanol–water partition coefficient (Wildman–Crippen LogP) is 1.85. The quantitative estimate of drug-likeness (QED) is 0.658. The molecule has 0 fully saturated rings. The lowest BCUT2D eigenvalue weighted by molar-refractivity contribution is 0.556. The first kappa shape index (κ1) is 14.3. The average Bonchev–Trinajstić information content (AvgIpc) is 2.03. The van der Waals surface area contributed by atoms with Gasteiger partial charge in [-0.2, -0.15) is 11.8 Å². The van der Waals surface area contributed by atoms with Crippen LogP contribution in [-0.4, -0.2) is 31.7 Å². The lowest BCUT2D eigenvalue weighted by atomic mass is 10.3. The molecule has 1 atom stereocenters. The molecule has 0 aromatic rings. The molecule has 0 aliphatic rings. The van der Waals surface area contributed by atoms with E-state index >= 15 is 0 Å². The molecule has 0 aromatic carbocycles. The molecule has 0 aromatic heterocycles. The molecule has 0 aliphatic carbocycles. The summed E-state index contributed by atoms with van der Waals surface area (Å²) in [7, 11) is -3.03. The molecular formula is C9H21NO2S2. The minimum absolute atomic E-state index is 0.0607. The summed E-state index contributed by atoms with van der Waals surface area (Å²) in [5.41, 5.74) is 0. The van der Waals surface area contributed by atoms with Crippen molar-refractivity contribution in [3.05, 3.63) is 0 Å². The van der Waals surface area contributed by atoms with Crippen molar-refractivity contribution < 1.29 is 8.42 Å². The van der Waals surface area contributed by atoms with Crippen molar-refractivity contribution in [2.45, 2.75) is 39.7 Å². The van der Waals surface area contributed by atoms with Gasteiger partial charge in [-0.3, -0.25) is 0 Å². The minimum Gasteiger partial charge on any atom is -0.212 e. The van der Waals surface area contributed by atoms with Gasteiger partial charge in [-0.25, -0.2) is 13.1 Å². The normalized spacial score (nSPS) is 14.2. The Hall–Kier alpha value is 0.260. The van der Waals surface area contributed by atoms with Crippen LogP contribution >= 0.6 is 11.8 Å². The topological polar surface area (TPSA) is 46.2 Å². The third-order valence-electron chi connectivity index (χ3n) is 1.75. The Balaban J connectivity index is 3.75. The van der Waals surface area contributed by atoms with Crippen molar-refractivity contribution in [3.63, 3.8) is 0 Å². The third kappa shape index (κ3) is 7.64. The molecule has 14 heavy (non-hydrogen) atoms. The molecule has 0 spiro atoms. The number of nitrogens with one attached hydrogen (secondary N) is 1. The monoisotopic (exact) mass is 239 g/mol. The van der Waals surface area contributed by atoms with Crippen molar-refractivity contribution in [1.29, 1.82) is 0 Å². The van der Waals surface area contributed by atoms with Gasteiger partial charge in [0.15, 0.2) is 0 Å². The fourth-order valence-electron chi connectivity index (χ4n) is 1.10. The van der Waals surface area contributed by atoms with Crippen molar-refractivity contribution >= 4 is 21.8 Å². The van der Waals surface area contributed by atoms with E-state index in [-0.39, 0.29) is 11.8 Å². The van der Waals surface area contributed by atoms with Gasteiger partial charge < -0.3 is 0 Å². The zero-order valence-electron chi connectivity index (χ0n) is 9.25. The van der Waals surface area contributed by atoms with Gasteiger partial charge in [0.25, 0.3) is 0 Å². The standard InChI is InChI=1S/C9H21NO2S2/c1-4-8-14(11,12)10-9(3)6-7-13-5-2/h9-10H,4-8H2,1-3H3. The van der Waals surface area contributed by atoms with Crippen LogP contribution in [0.2, 0.25) is 0 Å². The maximum Gasteiger partial charge on any atom is 0.211 e. The summed E-state index contributed by atoms with van der Waals surface area (Å²) in [6, 6.07) is 0.0607. The number of sulfonamides is 1. The molecule has 5 heteroatoms. The summed E-state index contributed by atoms with van der Waals surface area (Å²) >= 11 is 1.84. The number of hydrogen-bond acceptors (Lipinski definition) is 3. The van der Waals surface area contributed by atoms with E-state index in [1.54, 1.807) is 0 Å². The van der Waals surface area contributed by atoms with Gasteiger partial charge in [-0.1, -0.05) is 13.8 Å². The summed E-state index contributed by atoms with van der Waals surface area (Å²) in [5.74, 6) is 2.35. The molecule has 0 heterocycles. The van der Waals surface area contributed by atoms with Crippen LogP contribution in [0.4, 0.5) is 0 Å². The fourth-order valence-corrected chi connectivity index (χ4v) is 3.29. The highest BCUT2D eigenvalue weighted by atomic mass is 32.2. The highest BCUT2D eigenvalue weighted by Crippen LogP contribution is 2.04. The van der Waals surface area contributed by atoms with Crippen molar-refractivity contribution in [3.8, 4) is 0 Å². The summed E-state index contributed by atoms with van der Waals surface area (Å²) in [6.45, 7) is 5.90. The van der Waals surface area contributed by atoms with Crippen LogP contribution in [-0.2, 0) is 10.0 Å². The Labute approximate surface area is 92.1 Å². The molecule has 1 unspecified atom stereocenters. The Bertz CT molecular complexity index is 227. The Morgan fingerprint density at radius 1 is 1.36 bits per heavy atom. The zero-order chi connectivity index (χ0) is 11.0. The molecule has 0 rings (SSSR count). The molecule has 0 bridgehead atoms. The van der Waals surface area contributed by atoms with Crippen molar-refractivity contribution in [2.24, 2.45) is 0 Å². The van der Waals surface area contributed by atoms with E-state index in [1.807, 2.05) is 25.6 Å². The lowest BCUT2D eigenvalue weighted by Crippen LogP contribution is -2.34. The Kier molecular flexibility index (Phi) is 7.68. The number of thioether (sulfide) groups is 1. The van der Waals surface area contributed by atoms with E-state index in [1.165, 1.54) is 0 Å². The van der Waals surface area contributed by atoms with Crippen molar-refractivity contribution in [1.82, 2.24) is 4.72 Å². The summed E-state index contributed by atoms with van der Waals surface area (Å²) < 4.78 is 25.4. The van der Waals surface area contributed by atoms with Gasteiger partial charge in [0, 0.05) is 6.04 Å². The molecular weight excluding hydrogens is 218 g/mol. The number of rotatable bonds is 8. The highest BCUT2D eigenvalue weighted by Gasteiger charge is 2.12. The van der Waals surface area contributed by atoms with Crippen LogP contribution in [0.3, 0.4) is 0 Å². The lowest BCUT2D eigenvalue weighted by Gasteiger charge is -2.13. The largest absolute Gasteiger partial charge is 0.212 e. The minimum atomic E-state index is -3.03. The van der Waals surface area contributed by atoms with E-state index in [2.05, 4.69) is 11.6 Å². The smallest absolute Gasteiger partial charge is 0.211 e. The SMILES string of the molecule is CCCS(=O)(=O)NC(C)CCSCC. The van der Waals surface area contributed by atoms with Gasteiger partial charge >= 0.3 is 0 Å². The van der Waals surface area contributed by atoms with Crippen LogP contribution in [0, 0.1) is 0 Å². The molecule has 0 amide bonds. The number of hydrogen-bond donors (Lipinski definition) is 1. The van der Waals surface area contributed by atoms with E-state index in [4.69, 9.17) is 0 Å². The second kappa shape index (κ2) is 7.54. The van der Waals surface area contributed by atoms with Gasteiger partial charge in [0.1, 0.15) is 0 Å². The molecule has 0 saturated heterocycles. The molecule has 0 radical (unpaired) electrons. The summed E-state index contributed by atoms with van der Waals surface area (Å²) in [6.07, 6.45) is 1.58. The molecule has 0 saturated carbocycles. The first-order valence-corrected chi connectivity index (χ1v) is 7.90. The Morgan fingerprint density at radius 3 is 2.50 bits per heavy atom. The third-order valence-corrected chi connectivity index (χ3v) is 4.39. The first-order valence-electron chi connectivity index (χ1n) is 5.09. The first-order chi connectivity index (χ1) is 6.52. The maximum absolute atomic E-state index is 11.4.